The lowest BCUT2D eigenvalue weighted by Crippen LogP contribution is -2.45. The van der Waals surface area contributed by atoms with Crippen LogP contribution in [0.2, 0.25) is 0 Å². The predicted molar refractivity (Wildman–Crippen MR) is 73.9 cm³/mol. The summed E-state index contributed by atoms with van der Waals surface area (Å²) in [6, 6.07) is 8.79. The van der Waals surface area contributed by atoms with Crippen molar-refractivity contribution in [2.45, 2.75) is 25.3 Å². The first-order valence-electron chi connectivity index (χ1n) is 6.12. The largest absolute Gasteiger partial charge is 0.396 e. The smallest absolute Gasteiger partial charge is 0.0505 e. The number of hydrogen-bond donors (Lipinski definition) is 1. The number of halogens is 1. The van der Waals surface area contributed by atoms with Crippen molar-refractivity contribution in [3.63, 3.8) is 0 Å². The molecule has 1 aliphatic rings. The molecule has 1 aliphatic carbocycles. The standard InChI is InChI=1S/C14H20BrNO/c1-16(2)13(14(10-17)8-3-9-14)11-4-6-12(15)7-5-11/h4-7,13,17H,3,8-10H2,1-2H3. The van der Waals surface area contributed by atoms with Crippen LogP contribution in [-0.2, 0) is 0 Å². The minimum Gasteiger partial charge on any atom is -0.396 e. The Morgan fingerprint density at radius 1 is 1.29 bits per heavy atom. The molecule has 1 aromatic rings. The summed E-state index contributed by atoms with van der Waals surface area (Å²) >= 11 is 3.47. The molecule has 0 aromatic heterocycles. The molecule has 2 nitrogen and oxygen atoms in total. The Bertz CT molecular complexity index is 365. The van der Waals surface area contributed by atoms with Crippen LogP contribution in [0.5, 0.6) is 0 Å². The molecule has 0 bridgehead atoms. The molecule has 94 valence electrons. The highest BCUT2D eigenvalue weighted by Gasteiger charge is 2.45. The molecule has 2 rings (SSSR count). The van der Waals surface area contributed by atoms with Crippen molar-refractivity contribution < 1.29 is 5.11 Å². The Labute approximate surface area is 112 Å². The third-order valence-electron chi connectivity index (χ3n) is 3.95. The van der Waals surface area contributed by atoms with Gasteiger partial charge in [0, 0.05) is 15.9 Å². The van der Waals surface area contributed by atoms with E-state index in [1.165, 1.54) is 12.0 Å². The maximum absolute atomic E-state index is 9.74. The van der Waals surface area contributed by atoms with E-state index < -0.39 is 0 Å². The van der Waals surface area contributed by atoms with Crippen molar-refractivity contribution in [2.24, 2.45) is 5.41 Å². The molecule has 1 aromatic carbocycles. The van der Waals surface area contributed by atoms with E-state index in [2.05, 4.69) is 59.2 Å². The van der Waals surface area contributed by atoms with Gasteiger partial charge in [-0.2, -0.15) is 0 Å². The van der Waals surface area contributed by atoms with Crippen LogP contribution in [0.3, 0.4) is 0 Å². The van der Waals surface area contributed by atoms with Gasteiger partial charge >= 0.3 is 0 Å². The lowest BCUT2D eigenvalue weighted by Gasteiger charge is -2.49. The molecular weight excluding hydrogens is 278 g/mol. The molecule has 1 fully saturated rings. The molecule has 1 N–H and O–H groups in total. The Kier molecular flexibility index (Phi) is 3.91. The van der Waals surface area contributed by atoms with Gasteiger partial charge in [-0.15, -0.1) is 0 Å². The Hall–Kier alpha value is -0.380. The monoisotopic (exact) mass is 297 g/mol. The molecule has 1 atom stereocenters. The normalized spacial score (nSPS) is 20.1. The second-order valence-corrected chi connectivity index (χ2v) is 6.21. The third kappa shape index (κ3) is 2.42. The molecule has 0 aliphatic heterocycles. The van der Waals surface area contributed by atoms with E-state index in [0.717, 1.165) is 17.3 Å². The fourth-order valence-electron chi connectivity index (χ4n) is 2.99. The van der Waals surface area contributed by atoms with E-state index in [1.54, 1.807) is 0 Å². The van der Waals surface area contributed by atoms with Gasteiger partial charge in [0.05, 0.1) is 6.61 Å². The second-order valence-electron chi connectivity index (χ2n) is 5.29. The van der Waals surface area contributed by atoms with Crippen molar-refractivity contribution in [1.29, 1.82) is 0 Å². The van der Waals surface area contributed by atoms with Crippen LogP contribution < -0.4 is 0 Å². The van der Waals surface area contributed by atoms with Crippen LogP contribution in [0.1, 0.15) is 30.9 Å². The summed E-state index contributed by atoms with van der Waals surface area (Å²) in [7, 11) is 4.20. The average Bonchev–Trinajstić information content (AvgIpc) is 2.24. The van der Waals surface area contributed by atoms with Crippen LogP contribution in [-0.4, -0.2) is 30.7 Å². The van der Waals surface area contributed by atoms with Gasteiger partial charge in [0.25, 0.3) is 0 Å². The number of aliphatic hydroxyl groups excluding tert-OH is 1. The first-order chi connectivity index (χ1) is 8.09. The van der Waals surface area contributed by atoms with E-state index in [-0.39, 0.29) is 12.0 Å². The molecule has 0 saturated heterocycles. The average molecular weight is 298 g/mol. The van der Waals surface area contributed by atoms with E-state index in [9.17, 15) is 5.11 Å². The zero-order valence-electron chi connectivity index (χ0n) is 10.5. The second kappa shape index (κ2) is 5.09. The van der Waals surface area contributed by atoms with E-state index in [4.69, 9.17) is 0 Å². The van der Waals surface area contributed by atoms with E-state index in [0.29, 0.717) is 6.04 Å². The van der Waals surface area contributed by atoms with Crippen LogP contribution in [0.15, 0.2) is 28.7 Å². The summed E-state index contributed by atoms with van der Waals surface area (Å²) in [5.74, 6) is 0. The number of rotatable bonds is 4. The van der Waals surface area contributed by atoms with Gasteiger partial charge in [0.2, 0.25) is 0 Å². The maximum atomic E-state index is 9.74. The van der Waals surface area contributed by atoms with Gasteiger partial charge < -0.3 is 10.0 Å². The van der Waals surface area contributed by atoms with Gasteiger partial charge in [0.15, 0.2) is 0 Å². The molecule has 0 amide bonds. The number of nitrogens with zero attached hydrogens (tertiary/aromatic N) is 1. The fourth-order valence-corrected chi connectivity index (χ4v) is 3.26. The van der Waals surface area contributed by atoms with Gasteiger partial charge in [0.1, 0.15) is 0 Å². The summed E-state index contributed by atoms with van der Waals surface area (Å²) in [6.45, 7) is 0.284. The minimum atomic E-state index is 0.0668. The molecule has 3 heteroatoms. The van der Waals surface area contributed by atoms with E-state index in [1.807, 2.05) is 0 Å². The summed E-state index contributed by atoms with van der Waals surface area (Å²) in [5, 5.41) is 9.74. The quantitative estimate of drug-likeness (QED) is 0.922. The highest BCUT2D eigenvalue weighted by atomic mass is 79.9. The van der Waals surface area contributed by atoms with Gasteiger partial charge in [-0.25, -0.2) is 0 Å². The molecule has 17 heavy (non-hydrogen) atoms. The van der Waals surface area contributed by atoms with Crippen molar-refractivity contribution in [1.82, 2.24) is 4.90 Å². The summed E-state index contributed by atoms with van der Waals surface area (Å²) in [6.07, 6.45) is 3.49. The zero-order chi connectivity index (χ0) is 12.5. The minimum absolute atomic E-state index is 0.0668. The first kappa shape index (κ1) is 13.1. The molecule has 1 saturated carbocycles. The lowest BCUT2D eigenvalue weighted by atomic mass is 9.62. The zero-order valence-corrected chi connectivity index (χ0v) is 12.1. The van der Waals surface area contributed by atoms with Crippen molar-refractivity contribution in [2.75, 3.05) is 20.7 Å². The highest BCUT2D eigenvalue weighted by molar-refractivity contribution is 9.10. The van der Waals surface area contributed by atoms with Crippen LogP contribution in [0.4, 0.5) is 0 Å². The molecule has 0 heterocycles. The number of hydrogen-bond acceptors (Lipinski definition) is 2. The van der Waals surface area contributed by atoms with Crippen LogP contribution in [0, 0.1) is 5.41 Å². The predicted octanol–water partition coefficient (Wildman–Crippen LogP) is 3.21. The molecule has 1 unspecified atom stereocenters. The van der Waals surface area contributed by atoms with Crippen LogP contribution in [0.25, 0.3) is 0 Å². The third-order valence-corrected chi connectivity index (χ3v) is 4.48. The summed E-state index contributed by atoms with van der Waals surface area (Å²) in [4.78, 5) is 2.23. The highest BCUT2D eigenvalue weighted by Crippen LogP contribution is 2.51. The summed E-state index contributed by atoms with van der Waals surface area (Å²) < 4.78 is 1.10. The Morgan fingerprint density at radius 2 is 1.88 bits per heavy atom. The SMILES string of the molecule is CN(C)C(c1ccc(Br)cc1)C1(CO)CCC1. The summed E-state index contributed by atoms with van der Waals surface area (Å²) in [5.41, 5.74) is 1.36. The first-order valence-corrected chi connectivity index (χ1v) is 6.91. The fraction of sp³-hybridized carbons (Fsp3) is 0.571. The van der Waals surface area contributed by atoms with Crippen LogP contribution >= 0.6 is 15.9 Å². The maximum Gasteiger partial charge on any atom is 0.0505 e. The van der Waals surface area contributed by atoms with E-state index >= 15 is 0 Å². The van der Waals surface area contributed by atoms with Crippen molar-refractivity contribution in [3.05, 3.63) is 34.3 Å². The van der Waals surface area contributed by atoms with Gasteiger partial charge in [-0.05, 0) is 44.6 Å². The van der Waals surface area contributed by atoms with Gasteiger partial charge in [-0.3, -0.25) is 0 Å². The Balaban J connectivity index is 2.32. The lowest BCUT2D eigenvalue weighted by molar-refractivity contribution is -0.0308. The molecule has 0 radical (unpaired) electrons. The van der Waals surface area contributed by atoms with Gasteiger partial charge in [-0.1, -0.05) is 34.5 Å². The molecule has 0 spiro atoms. The topological polar surface area (TPSA) is 23.5 Å². The Morgan fingerprint density at radius 3 is 2.24 bits per heavy atom. The molecular formula is C14H20BrNO. The van der Waals surface area contributed by atoms with Crippen molar-refractivity contribution >= 4 is 15.9 Å². The number of aliphatic hydroxyl groups is 1. The number of benzene rings is 1. The van der Waals surface area contributed by atoms with Crippen molar-refractivity contribution in [3.8, 4) is 0 Å².